The van der Waals surface area contributed by atoms with Crippen molar-refractivity contribution in [2.45, 2.75) is 25.9 Å². The molecule has 3 rings (SSSR count). The Kier molecular flexibility index (Phi) is 4.92. The van der Waals surface area contributed by atoms with Gasteiger partial charge in [-0.2, -0.15) is 0 Å². The zero-order chi connectivity index (χ0) is 17.2. The first-order chi connectivity index (χ1) is 11.5. The molecule has 0 unspecified atom stereocenters. The highest BCUT2D eigenvalue weighted by Crippen LogP contribution is 2.22. The molecule has 1 amide bonds. The molecular formula is C19H25NO4. The number of hydrogen-bond donors (Lipinski definition) is 0. The summed E-state index contributed by atoms with van der Waals surface area (Å²) in [5, 5.41) is 1.11. The summed E-state index contributed by atoms with van der Waals surface area (Å²) in [6.07, 6.45) is 2.56. The van der Waals surface area contributed by atoms with Crippen LogP contribution in [0.5, 0.6) is 0 Å². The van der Waals surface area contributed by atoms with Crippen LogP contribution in [0.3, 0.4) is 0 Å². The van der Waals surface area contributed by atoms with E-state index in [0.29, 0.717) is 26.3 Å². The number of carbonyl (C=O) groups is 1. The highest BCUT2D eigenvalue weighted by atomic mass is 16.5. The van der Waals surface area contributed by atoms with Crippen molar-refractivity contribution >= 4 is 16.9 Å². The van der Waals surface area contributed by atoms with Crippen LogP contribution in [0.15, 0.2) is 34.9 Å². The van der Waals surface area contributed by atoms with E-state index in [1.165, 1.54) is 5.56 Å². The summed E-state index contributed by atoms with van der Waals surface area (Å²) in [6, 6.07) is 8.23. The van der Waals surface area contributed by atoms with E-state index in [9.17, 15) is 4.79 Å². The van der Waals surface area contributed by atoms with Crippen molar-refractivity contribution in [3.8, 4) is 0 Å². The number of nitrogens with zero attached hydrogens (tertiary/aromatic N) is 1. The Labute approximate surface area is 142 Å². The van der Waals surface area contributed by atoms with Crippen LogP contribution in [0.1, 0.15) is 19.4 Å². The van der Waals surface area contributed by atoms with Crippen LogP contribution in [0.2, 0.25) is 0 Å². The maximum absolute atomic E-state index is 12.7. The fourth-order valence-corrected chi connectivity index (χ4v) is 3.12. The Morgan fingerprint density at radius 1 is 1.38 bits per heavy atom. The van der Waals surface area contributed by atoms with E-state index in [1.807, 2.05) is 11.0 Å². The first-order valence-corrected chi connectivity index (χ1v) is 8.38. The van der Waals surface area contributed by atoms with E-state index in [0.717, 1.165) is 17.4 Å². The van der Waals surface area contributed by atoms with Gasteiger partial charge in [0.1, 0.15) is 11.2 Å². The van der Waals surface area contributed by atoms with Gasteiger partial charge in [0.05, 0.1) is 19.5 Å². The van der Waals surface area contributed by atoms with Gasteiger partial charge in [-0.25, -0.2) is 0 Å². The fourth-order valence-electron chi connectivity index (χ4n) is 3.12. The Bertz CT molecular complexity index is 706. The largest absolute Gasteiger partial charge is 0.464 e. The van der Waals surface area contributed by atoms with Gasteiger partial charge in [0, 0.05) is 31.5 Å². The third kappa shape index (κ3) is 3.62. The van der Waals surface area contributed by atoms with Crippen molar-refractivity contribution in [2.24, 2.45) is 5.92 Å². The SMILES string of the molecule is COC(C)(C)C(=O)N1CCOC[C@H](Cc2ccc3ccoc3c2)C1. The van der Waals surface area contributed by atoms with Gasteiger partial charge in [-0.3, -0.25) is 4.79 Å². The molecule has 0 N–H and O–H groups in total. The average molecular weight is 331 g/mol. The summed E-state index contributed by atoms with van der Waals surface area (Å²) in [5.74, 6) is 0.276. The van der Waals surface area contributed by atoms with E-state index in [-0.39, 0.29) is 11.8 Å². The van der Waals surface area contributed by atoms with Gasteiger partial charge in [0.25, 0.3) is 5.91 Å². The van der Waals surface area contributed by atoms with Gasteiger partial charge in [-0.1, -0.05) is 12.1 Å². The van der Waals surface area contributed by atoms with Crippen LogP contribution in [0, 0.1) is 5.92 Å². The third-order valence-corrected chi connectivity index (χ3v) is 4.70. The number of fused-ring (bicyclic) bond motifs is 1. The molecule has 1 aliphatic heterocycles. The number of furan rings is 1. The minimum atomic E-state index is -0.804. The Hall–Kier alpha value is -1.85. The lowest BCUT2D eigenvalue weighted by molar-refractivity contribution is -0.151. The van der Waals surface area contributed by atoms with Crippen LogP contribution in [-0.4, -0.2) is 49.8 Å². The highest BCUT2D eigenvalue weighted by Gasteiger charge is 2.33. The summed E-state index contributed by atoms with van der Waals surface area (Å²) in [6.45, 7) is 6.13. The van der Waals surface area contributed by atoms with Crippen molar-refractivity contribution < 1.29 is 18.7 Å². The lowest BCUT2D eigenvalue weighted by Gasteiger charge is -2.31. The molecule has 1 aromatic heterocycles. The third-order valence-electron chi connectivity index (χ3n) is 4.70. The van der Waals surface area contributed by atoms with Gasteiger partial charge < -0.3 is 18.8 Å². The molecule has 1 saturated heterocycles. The first-order valence-electron chi connectivity index (χ1n) is 8.38. The average Bonchev–Trinajstić information content (AvgIpc) is 2.92. The molecule has 0 aliphatic carbocycles. The molecule has 2 aromatic rings. The zero-order valence-electron chi connectivity index (χ0n) is 14.6. The fraction of sp³-hybridized carbons (Fsp3) is 0.526. The van der Waals surface area contributed by atoms with Crippen LogP contribution >= 0.6 is 0 Å². The quantitative estimate of drug-likeness (QED) is 0.864. The van der Waals surface area contributed by atoms with Crippen molar-refractivity contribution in [1.82, 2.24) is 4.90 Å². The second kappa shape index (κ2) is 6.95. The molecule has 0 radical (unpaired) electrons. The molecule has 1 aromatic carbocycles. The molecule has 1 aliphatic rings. The maximum Gasteiger partial charge on any atom is 0.254 e. The second-order valence-corrected chi connectivity index (χ2v) is 6.90. The van der Waals surface area contributed by atoms with Crippen molar-refractivity contribution in [3.05, 3.63) is 36.1 Å². The maximum atomic E-state index is 12.7. The van der Waals surface area contributed by atoms with Crippen LogP contribution in [-0.2, 0) is 20.7 Å². The van der Waals surface area contributed by atoms with Crippen LogP contribution in [0.4, 0.5) is 0 Å². The molecule has 1 fully saturated rings. The number of carbonyl (C=O) groups excluding carboxylic acids is 1. The molecule has 2 heterocycles. The normalized spacial score (nSPS) is 19.5. The first kappa shape index (κ1) is 17.0. The van der Waals surface area contributed by atoms with Gasteiger partial charge in [0.15, 0.2) is 0 Å². The molecule has 5 heteroatoms. The highest BCUT2D eigenvalue weighted by molar-refractivity contribution is 5.84. The van der Waals surface area contributed by atoms with Gasteiger partial charge in [-0.15, -0.1) is 0 Å². The van der Waals surface area contributed by atoms with E-state index in [1.54, 1.807) is 27.2 Å². The smallest absolute Gasteiger partial charge is 0.254 e. The van der Waals surface area contributed by atoms with Gasteiger partial charge in [0.2, 0.25) is 0 Å². The Balaban J connectivity index is 1.71. The van der Waals surface area contributed by atoms with Crippen molar-refractivity contribution in [3.63, 3.8) is 0 Å². The topological polar surface area (TPSA) is 51.9 Å². The number of rotatable bonds is 4. The number of methoxy groups -OCH3 is 1. The van der Waals surface area contributed by atoms with Crippen LogP contribution in [0.25, 0.3) is 11.0 Å². The Morgan fingerprint density at radius 3 is 3.00 bits per heavy atom. The van der Waals surface area contributed by atoms with E-state index >= 15 is 0 Å². The molecule has 130 valence electrons. The van der Waals surface area contributed by atoms with E-state index in [2.05, 4.69) is 18.2 Å². The standard InChI is InChI=1S/C19H25NO4/c1-19(2,22-3)18(21)20-7-9-23-13-15(12-20)10-14-4-5-16-6-8-24-17(16)11-14/h4-6,8,11,15H,7,9-10,12-13H2,1-3H3/t15-/m1/s1. The minimum absolute atomic E-state index is 0.0157. The number of amides is 1. The second-order valence-electron chi connectivity index (χ2n) is 6.90. The summed E-state index contributed by atoms with van der Waals surface area (Å²) in [5.41, 5.74) is 1.30. The van der Waals surface area contributed by atoms with E-state index < -0.39 is 5.60 Å². The molecule has 0 saturated carbocycles. The summed E-state index contributed by atoms with van der Waals surface area (Å²) >= 11 is 0. The molecule has 1 atom stereocenters. The lowest BCUT2D eigenvalue weighted by Crippen LogP contribution is -2.48. The molecule has 0 bridgehead atoms. The van der Waals surface area contributed by atoms with Crippen LogP contribution < -0.4 is 0 Å². The van der Waals surface area contributed by atoms with Gasteiger partial charge >= 0.3 is 0 Å². The molecular weight excluding hydrogens is 306 g/mol. The predicted molar refractivity (Wildman–Crippen MR) is 91.9 cm³/mol. The summed E-state index contributed by atoms with van der Waals surface area (Å²) in [4.78, 5) is 14.5. The van der Waals surface area contributed by atoms with E-state index in [4.69, 9.17) is 13.9 Å². The zero-order valence-corrected chi connectivity index (χ0v) is 14.6. The molecule has 5 nitrogen and oxygen atoms in total. The molecule has 24 heavy (non-hydrogen) atoms. The van der Waals surface area contributed by atoms with Crippen molar-refractivity contribution in [2.75, 3.05) is 33.4 Å². The summed E-state index contributed by atoms with van der Waals surface area (Å²) < 4.78 is 16.5. The van der Waals surface area contributed by atoms with Gasteiger partial charge in [-0.05, 0) is 38.0 Å². The minimum Gasteiger partial charge on any atom is -0.464 e. The monoisotopic (exact) mass is 331 g/mol. The Morgan fingerprint density at radius 2 is 2.21 bits per heavy atom. The number of benzene rings is 1. The summed E-state index contributed by atoms with van der Waals surface area (Å²) in [7, 11) is 1.57. The lowest BCUT2D eigenvalue weighted by atomic mass is 9.98. The number of ether oxygens (including phenoxy) is 2. The number of hydrogen-bond acceptors (Lipinski definition) is 4. The molecule has 0 spiro atoms. The van der Waals surface area contributed by atoms with Crippen molar-refractivity contribution in [1.29, 1.82) is 0 Å². The predicted octanol–water partition coefficient (Wildman–Crippen LogP) is 2.88.